The van der Waals surface area contributed by atoms with E-state index < -0.39 is 0 Å². The maximum absolute atomic E-state index is 11.7. The van der Waals surface area contributed by atoms with E-state index in [1.807, 2.05) is 30.3 Å². The second kappa shape index (κ2) is 5.42. The summed E-state index contributed by atoms with van der Waals surface area (Å²) >= 11 is 0. The number of rotatable bonds is 4. The Hall–Kier alpha value is -2.21. The lowest BCUT2D eigenvalue weighted by atomic mass is 10.3. The third-order valence-electron chi connectivity index (χ3n) is 2.40. The number of nitrogens with one attached hydrogen (secondary N) is 1. The molecule has 18 heavy (non-hydrogen) atoms. The van der Waals surface area contributed by atoms with E-state index in [1.165, 1.54) is 4.68 Å². The molecule has 0 aliphatic heterocycles. The second-order valence-corrected chi connectivity index (χ2v) is 3.94. The Bertz CT molecular complexity index is 524. The fourth-order valence-corrected chi connectivity index (χ4v) is 1.42. The molecule has 0 bridgehead atoms. The minimum atomic E-state index is -0.348. The van der Waals surface area contributed by atoms with Gasteiger partial charge in [0.1, 0.15) is 0 Å². The van der Waals surface area contributed by atoms with Crippen molar-refractivity contribution in [2.45, 2.75) is 13.0 Å². The van der Waals surface area contributed by atoms with Crippen molar-refractivity contribution >= 4 is 5.91 Å². The number of carbonyl (C=O) groups is 1. The molecule has 0 aliphatic rings. The molecule has 6 heteroatoms. The van der Waals surface area contributed by atoms with Crippen LogP contribution >= 0.6 is 0 Å². The number of aliphatic hydroxyl groups excluding tert-OH is 1. The fourth-order valence-electron chi connectivity index (χ4n) is 1.42. The van der Waals surface area contributed by atoms with Crippen LogP contribution in [0.2, 0.25) is 0 Å². The van der Waals surface area contributed by atoms with Gasteiger partial charge in [0.05, 0.1) is 18.5 Å². The zero-order chi connectivity index (χ0) is 13.0. The van der Waals surface area contributed by atoms with Crippen LogP contribution in [-0.4, -0.2) is 38.7 Å². The van der Waals surface area contributed by atoms with E-state index in [-0.39, 0.29) is 24.2 Å². The van der Waals surface area contributed by atoms with Crippen molar-refractivity contribution < 1.29 is 9.90 Å². The van der Waals surface area contributed by atoms with E-state index in [0.29, 0.717) is 0 Å². The number of nitrogens with zero attached hydrogens (tertiary/aromatic N) is 3. The monoisotopic (exact) mass is 246 g/mol. The fraction of sp³-hybridized carbons (Fsp3) is 0.250. The first kappa shape index (κ1) is 12.3. The highest BCUT2D eigenvalue weighted by molar-refractivity contribution is 5.92. The summed E-state index contributed by atoms with van der Waals surface area (Å²) in [5.41, 5.74) is 1.05. The SMILES string of the molecule is C[C@H](CO)NC(=O)c1cn(-c2ccccc2)nn1. The van der Waals surface area contributed by atoms with Crippen molar-refractivity contribution in [3.63, 3.8) is 0 Å². The van der Waals surface area contributed by atoms with Crippen LogP contribution in [0.25, 0.3) is 5.69 Å². The number of hydrogen-bond donors (Lipinski definition) is 2. The van der Waals surface area contributed by atoms with Gasteiger partial charge in [0, 0.05) is 6.04 Å². The van der Waals surface area contributed by atoms with Crippen molar-refractivity contribution in [1.29, 1.82) is 0 Å². The van der Waals surface area contributed by atoms with E-state index in [1.54, 1.807) is 13.1 Å². The number of hydrogen-bond acceptors (Lipinski definition) is 4. The van der Waals surface area contributed by atoms with E-state index in [9.17, 15) is 4.79 Å². The molecule has 1 amide bonds. The first-order valence-corrected chi connectivity index (χ1v) is 5.60. The van der Waals surface area contributed by atoms with Crippen LogP contribution < -0.4 is 5.32 Å². The Morgan fingerprint density at radius 3 is 2.83 bits per heavy atom. The molecule has 1 aromatic heterocycles. The molecule has 0 unspecified atom stereocenters. The van der Waals surface area contributed by atoms with E-state index in [2.05, 4.69) is 15.6 Å². The van der Waals surface area contributed by atoms with Gasteiger partial charge in [0.25, 0.3) is 5.91 Å². The van der Waals surface area contributed by atoms with Gasteiger partial charge in [-0.05, 0) is 19.1 Å². The highest BCUT2D eigenvalue weighted by atomic mass is 16.3. The van der Waals surface area contributed by atoms with Gasteiger partial charge < -0.3 is 10.4 Å². The Kier molecular flexibility index (Phi) is 3.69. The van der Waals surface area contributed by atoms with Gasteiger partial charge >= 0.3 is 0 Å². The summed E-state index contributed by atoms with van der Waals surface area (Å²) in [6.07, 6.45) is 1.55. The molecule has 2 N–H and O–H groups in total. The number of carbonyl (C=O) groups excluding carboxylic acids is 1. The Morgan fingerprint density at radius 2 is 2.17 bits per heavy atom. The van der Waals surface area contributed by atoms with Crippen LogP contribution in [0.15, 0.2) is 36.5 Å². The van der Waals surface area contributed by atoms with Crippen molar-refractivity contribution in [1.82, 2.24) is 20.3 Å². The first-order valence-electron chi connectivity index (χ1n) is 5.60. The average Bonchev–Trinajstić information content (AvgIpc) is 2.89. The highest BCUT2D eigenvalue weighted by Crippen LogP contribution is 2.05. The van der Waals surface area contributed by atoms with Crippen molar-refractivity contribution in [2.75, 3.05) is 6.61 Å². The summed E-state index contributed by atoms with van der Waals surface area (Å²) in [5.74, 6) is -0.348. The third kappa shape index (κ3) is 2.72. The summed E-state index contributed by atoms with van der Waals surface area (Å²) < 4.78 is 1.53. The smallest absolute Gasteiger partial charge is 0.273 e. The Labute approximate surface area is 104 Å². The number of benzene rings is 1. The maximum atomic E-state index is 11.7. The van der Waals surface area contributed by atoms with Crippen molar-refractivity contribution in [3.05, 3.63) is 42.2 Å². The third-order valence-corrected chi connectivity index (χ3v) is 2.40. The predicted molar refractivity (Wildman–Crippen MR) is 65.4 cm³/mol. The van der Waals surface area contributed by atoms with Gasteiger partial charge in [-0.2, -0.15) is 0 Å². The molecule has 1 aromatic carbocycles. The summed E-state index contributed by atoms with van der Waals surface area (Å²) in [4.78, 5) is 11.7. The quantitative estimate of drug-likeness (QED) is 0.817. The Balaban J connectivity index is 2.13. The van der Waals surface area contributed by atoms with Gasteiger partial charge in [0.15, 0.2) is 5.69 Å². The maximum Gasteiger partial charge on any atom is 0.273 e. The summed E-state index contributed by atoms with van der Waals surface area (Å²) in [6, 6.07) is 9.09. The minimum Gasteiger partial charge on any atom is -0.394 e. The predicted octanol–water partition coefficient (Wildman–Crippen LogP) is 0.378. The van der Waals surface area contributed by atoms with E-state index in [4.69, 9.17) is 5.11 Å². The second-order valence-electron chi connectivity index (χ2n) is 3.94. The van der Waals surface area contributed by atoms with Crippen molar-refractivity contribution in [2.24, 2.45) is 0 Å². The number of amides is 1. The van der Waals surface area contributed by atoms with Gasteiger partial charge in [-0.3, -0.25) is 4.79 Å². The van der Waals surface area contributed by atoms with E-state index >= 15 is 0 Å². The topological polar surface area (TPSA) is 80.0 Å². The van der Waals surface area contributed by atoms with Crippen LogP contribution in [0.1, 0.15) is 17.4 Å². The molecule has 0 saturated heterocycles. The number of aromatic nitrogens is 3. The van der Waals surface area contributed by atoms with Crippen LogP contribution in [-0.2, 0) is 0 Å². The molecule has 6 nitrogen and oxygen atoms in total. The molecular formula is C12H14N4O2. The molecule has 0 fully saturated rings. The Morgan fingerprint density at radius 1 is 1.44 bits per heavy atom. The summed E-state index contributed by atoms with van der Waals surface area (Å²) in [5, 5.41) is 19.1. The first-order chi connectivity index (χ1) is 8.70. The molecular weight excluding hydrogens is 232 g/mol. The van der Waals surface area contributed by atoms with Gasteiger partial charge in [-0.25, -0.2) is 4.68 Å². The highest BCUT2D eigenvalue weighted by Gasteiger charge is 2.13. The average molecular weight is 246 g/mol. The molecule has 0 aliphatic carbocycles. The van der Waals surface area contributed by atoms with Gasteiger partial charge in [-0.1, -0.05) is 23.4 Å². The zero-order valence-electron chi connectivity index (χ0n) is 9.95. The van der Waals surface area contributed by atoms with Crippen LogP contribution in [0.5, 0.6) is 0 Å². The molecule has 0 spiro atoms. The van der Waals surface area contributed by atoms with Crippen molar-refractivity contribution in [3.8, 4) is 5.69 Å². The van der Waals surface area contributed by atoms with E-state index in [0.717, 1.165) is 5.69 Å². The molecule has 2 aromatic rings. The number of aliphatic hydroxyl groups is 1. The number of para-hydroxylation sites is 1. The summed E-state index contributed by atoms with van der Waals surface area (Å²) in [7, 11) is 0. The van der Waals surface area contributed by atoms with Gasteiger partial charge in [0.2, 0.25) is 0 Å². The molecule has 0 radical (unpaired) electrons. The van der Waals surface area contributed by atoms with Gasteiger partial charge in [-0.15, -0.1) is 5.10 Å². The molecule has 0 saturated carbocycles. The summed E-state index contributed by atoms with van der Waals surface area (Å²) in [6.45, 7) is 1.60. The van der Waals surface area contributed by atoms with Crippen LogP contribution in [0, 0.1) is 0 Å². The normalized spacial score (nSPS) is 12.1. The molecule has 1 heterocycles. The van der Waals surface area contributed by atoms with Crippen LogP contribution in [0.3, 0.4) is 0 Å². The largest absolute Gasteiger partial charge is 0.394 e. The molecule has 2 rings (SSSR count). The van der Waals surface area contributed by atoms with Crippen LogP contribution in [0.4, 0.5) is 0 Å². The lowest BCUT2D eigenvalue weighted by Crippen LogP contribution is -2.35. The zero-order valence-corrected chi connectivity index (χ0v) is 9.95. The lowest BCUT2D eigenvalue weighted by Gasteiger charge is -2.08. The lowest BCUT2D eigenvalue weighted by molar-refractivity contribution is 0.0917. The molecule has 1 atom stereocenters. The standard InChI is InChI=1S/C12H14N4O2/c1-9(8-17)13-12(18)11-7-16(15-14-11)10-5-3-2-4-6-10/h2-7,9,17H,8H2,1H3,(H,13,18)/t9-/m1/s1. The minimum absolute atomic E-state index is 0.113. The molecule has 94 valence electrons.